The van der Waals surface area contributed by atoms with Crippen molar-refractivity contribution in [2.24, 2.45) is 0 Å². The van der Waals surface area contributed by atoms with Crippen LogP contribution in [0.25, 0.3) is 6.08 Å². The molecule has 3 fully saturated rings. The van der Waals surface area contributed by atoms with E-state index in [4.69, 9.17) is 9.47 Å². The minimum Gasteiger partial charge on any atom is -0.484 e. The van der Waals surface area contributed by atoms with E-state index in [9.17, 15) is 19.2 Å². The van der Waals surface area contributed by atoms with Crippen LogP contribution in [0.1, 0.15) is 18.4 Å². The SMILES string of the molecule is O=C(COc1ccc(/C=C2/SC(=O)N(CC(=O)N3CCCC3)C2=O)cc1)N1CCOCC1. The number of likely N-dealkylation sites (tertiary alicyclic amines) is 1. The quantitative estimate of drug-likeness (QED) is 0.596. The lowest BCUT2D eigenvalue weighted by Crippen LogP contribution is -2.42. The molecule has 170 valence electrons. The topological polar surface area (TPSA) is 96.5 Å². The van der Waals surface area contributed by atoms with Gasteiger partial charge in [0.1, 0.15) is 12.3 Å². The number of carbonyl (C=O) groups excluding carboxylic acids is 4. The largest absolute Gasteiger partial charge is 0.484 e. The van der Waals surface area contributed by atoms with E-state index in [0.29, 0.717) is 50.7 Å². The first-order valence-corrected chi connectivity index (χ1v) is 11.4. The van der Waals surface area contributed by atoms with Crippen LogP contribution < -0.4 is 4.74 Å². The molecule has 0 saturated carbocycles. The van der Waals surface area contributed by atoms with E-state index in [1.807, 2.05) is 0 Å². The number of hydrogen-bond acceptors (Lipinski definition) is 7. The number of benzene rings is 1. The number of carbonyl (C=O) groups is 4. The van der Waals surface area contributed by atoms with Crippen molar-refractivity contribution in [3.8, 4) is 5.75 Å². The van der Waals surface area contributed by atoms with Gasteiger partial charge in [-0.05, 0) is 48.4 Å². The number of amides is 4. The van der Waals surface area contributed by atoms with Gasteiger partial charge in [0.05, 0.1) is 18.1 Å². The van der Waals surface area contributed by atoms with E-state index < -0.39 is 11.1 Å². The molecule has 1 aromatic carbocycles. The number of rotatable bonds is 6. The summed E-state index contributed by atoms with van der Waals surface area (Å²) < 4.78 is 10.8. The molecule has 0 aromatic heterocycles. The maximum atomic E-state index is 12.6. The highest BCUT2D eigenvalue weighted by Gasteiger charge is 2.37. The zero-order valence-corrected chi connectivity index (χ0v) is 18.5. The summed E-state index contributed by atoms with van der Waals surface area (Å²) in [7, 11) is 0. The summed E-state index contributed by atoms with van der Waals surface area (Å²) in [5.74, 6) is -0.203. The third kappa shape index (κ3) is 5.31. The minimum absolute atomic E-state index is 0.0523. The van der Waals surface area contributed by atoms with E-state index in [0.717, 1.165) is 29.5 Å². The van der Waals surface area contributed by atoms with Crippen molar-refractivity contribution in [3.05, 3.63) is 34.7 Å². The molecule has 0 spiro atoms. The highest BCUT2D eigenvalue weighted by molar-refractivity contribution is 8.18. The van der Waals surface area contributed by atoms with Crippen molar-refractivity contribution in [1.82, 2.24) is 14.7 Å². The third-order valence-electron chi connectivity index (χ3n) is 5.53. The Morgan fingerprint density at radius 2 is 1.62 bits per heavy atom. The molecule has 3 saturated heterocycles. The van der Waals surface area contributed by atoms with E-state index in [1.54, 1.807) is 40.1 Å². The molecule has 0 radical (unpaired) electrons. The van der Waals surface area contributed by atoms with E-state index in [1.165, 1.54) is 0 Å². The number of nitrogens with zero attached hydrogens (tertiary/aromatic N) is 3. The van der Waals surface area contributed by atoms with E-state index >= 15 is 0 Å². The Morgan fingerprint density at radius 1 is 0.969 bits per heavy atom. The van der Waals surface area contributed by atoms with Gasteiger partial charge in [0.15, 0.2) is 6.61 Å². The molecule has 3 aliphatic heterocycles. The fourth-order valence-corrected chi connectivity index (χ4v) is 4.54. The molecule has 3 heterocycles. The van der Waals surface area contributed by atoms with E-state index in [2.05, 4.69) is 0 Å². The highest BCUT2D eigenvalue weighted by atomic mass is 32.2. The molecule has 10 heteroatoms. The van der Waals surface area contributed by atoms with Crippen LogP contribution in [0.2, 0.25) is 0 Å². The summed E-state index contributed by atoms with van der Waals surface area (Å²) in [6.45, 7) is 3.31. The maximum Gasteiger partial charge on any atom is 0.294 e. The molecule has 4 rings (SSSR count). The molecule has 0 N–H and O–H groups in total. The molecule has 1 aromatic rings. The average molecular weight is 460 g/mol. The smallest absolute Gasteiger partial charge is 0.294 e. The van der Waals surface area contributed by atoms with Crippen LogP contribution in [-0.4, -0.2) is 90.2 Å². The number of morpholine rings is 1. The Kier molecular flexibility index (Phi) is 7.11. The molecule has 4 amide bonds. The van der Waals surface area contributed by atoms with Gasteiger partial charge in [0.25, 0.3) is 17.1 Å². The van der Waals surface area contributed by atoms with Crippen LogP contribution in [-0.2, 0) is 19.1 Å². The van der Waals surface area contributed by atoms with Gasteiger partial charge in [-0.3, -0.25) is 24.1 Å². The lowest BCUT2D eigenvalue weighted by molar-refractivity contribution is -0.137. The van der Waals surface area contributed by atoms with Gasteiger partial charge < -0.3 is 19.3 Å². The summed E-state index contributed by atoms with van der Waals surface area (Å²) in [6.07, 6.45) is 3.52. The summed E-state index contributed by atoms with van der Waals surface area (Å²) in [5, 5.41) is -0.435. The molecular formula is C22H25N3O6S. The molecule has 0 atom stereocenters. The second-order valence-corrected chi connectivity index (χ2v) is 8.70. The molecule has 3 aliphatic rings. The molecule has 0 bridgehead atoms. The lowest BCUT2D eigenvalue weighted by Gasteiger charge is -2.26. The molecule has 0 aliphatic carbocycles. The van der Waals surface area contributed by atoms with Gasteiger partial charge in [-0.1, -0.05) is 12.1 Å². The van der Waals surface area contributed by atoms with Crippen LogP contribution in [0, 0.1) is 0 Å². The van der Waals surface area contributed by atoms with Crippen molar-refractivity contribution in [2.45, 2.75) is 12.8 Å². The second-order valence-electron chi connectivity index (χ2n) is 7.71. The van der Waals surface area contributed by atoms with Crippen molar-refractivity contribution in [1.29, 1.82) is 0 Å². The summed E-state index contributed by atoms with van der Waals surface area (Å²) in [4.78, 5) is 54.0. The summed E-state index contributed by atoms with van der Waals surface area (Å²) >= 11 is 0.831. The lowest BCUT2D eigenvalue weighted by atomic mass is 10.2. The first-order valence-electron chi connectivity index (χ1n) is 10.6. The Morgan fingerprint density at radius 3 is 2.31 bits per heavy atom. The number of thioether (sulfide) groups is 1. The van der Waals surface area contributed by atoms with Gasteiger partial charge in [-0.15, -0.1) is 0 Å². The minimum atomic E-state index is -0.455. The Bertz CT molecular complexity index is 920. The first-order chi connectivity index (χ1) is 15.5. The highest BCUT2D eigenvalue weighted by Crippen LogP contribution is 2.32. The molecular weight excluding hydrogens is 434 g/mol. The first kappa shape index (κ1) is 22.3. The Balaban J connectivity index is 1.32. The van der Waals surface area contributed by atoms with Crippen molar-refractivity contribution in [2.75, 3.05) is 52.5 Å². The predicted octanol–water partition coefficient (Wildman–Crippen LogP) is 1.58. The fourth-order valence-electron chi connectivity index (χ4n) is 3.70. The normalized spacial score (nSPS) is 20.4. The van der Waals surface area contributed by atoms with E-state index in [-0.39, 0.29) is 29.9 Å². The molecule has 32 heavy (non-hydrogen) atoms. The van der Waals surface area contributed by atoms with Crippen LogP contribution >= 0.6 is 11.8 Å². The Hall–Kier alpha value is -2.85. The molecule has 9 nitrogen and oxygen atoms in total. The average Bonchev–Trinajstić information content (AvgIpc) is 3.44. The zero-order valence-electron chi connectivity index (χ0n) is 17.7. The van der Waals surface area contributed by atoms with Gasteiger partial charge >= 0.3 is 0 Å². The van der Waals surface area contributed by atoms with Crippen molar-refractivity contribution >= 4 is 40.8 Å². The molecule has 0 unspecified atom stereocenters. The Labute approximate surface area is 190 Å². The van der Waals surface area contributed by atoms with Gasteiger partial charge in [-0.25, -0.2) is 0 Å². The standard InChI is InChI=1S/C22H25N3O6S/c26-19(23-7-1-2-8-23)14-25-21(28)18(32-22(25)29)13-16-3-5-17(6-4-16)31-15-20(27)24-9-11-30-12-10-24/h3-6,13H,1-2,7-12,14-15H2/b18-13+. The summed E-state index contributed by atoms with van der Waals surface area (Å²) in [6, 6.07) is 6.91. The van der Waals surface area contributed by atoms with Gasteiger partial charge in [0, 0.05) is 26.2 Å². The van der Waals surface area contributed by atoms with Crippen LogP contribution in [0.4, 0.5) is 4.79 Å². The van der Waals surface area contributed by atoms with Crippen LogP contribution in [0.15, 0.2) is 29.2 Å². The maximum absolute atomic E-state index is 12.6. The van der Waals surface area contributed by atoms with Crippen molar-refractivity contribution in [3.63, 3.8) is 0 Å². The van der Waals surface area contributed by atoms with Crippen LogP contribution in [0.3, 0.4) is 0 Å². The number of imide groups is 1. The van der Waals surface area contributed by atoms with Crippen molar-refractivity contribution < 1.29 is 28.7 Å². The van der Waals surface area contributed by atoms with Gasteiger partial charge in [0.2, 0.25) is 5.91 Å². The predicted molar refractivity (Wildman–Crippen MR) is 118 cm³/mol. The zero-order chi connectivity index (χ0) is 22.5. The van der Waals surface area contributed by atoms with Gasteiger partial charge in [-0.2, -0.15) is 0 Å². The van der Waals surface area contributed by atoms with Crippen LogP contribution in [0.5, 0.6) is 5.75 Å². The third-order valence-corrected chi connectivity index (χ3v) is 6.44. The summed E-state index contributed by atoms with van der Waals surface area (Å²) in [5.41, 5.74) is 0.716. The monoisotopic (exact) mass is 459 g/mol. The second kappa shape index (κ2) is 10.2. The number of hydrogen-bond donors (Lipinski definition) is 0. The fraction of sp³-hybridized carbons (Fsp3) is 0.455. The number of ether oxygens (including phenoxy) is 2.